The molecule has 6 heteroatoms. The van der Waals surface area contributed by atoms with Crippen molar-refractivity contribution in [3.05, 3.63) is 69.8 Å². The molecule has 0 radical (unpaired) electrons. The zero-order valence-electron chi connectivity index (χ0n) is 13.1. The number of carbonyl (C=O) groups excluding carboxylic acids is 1. The molecule has 1 amide bonds. The lowest BCUT2D eigenvalue weighted by Gasteiger charge is -2.11. The first-order valence-electron chi connectivity index (χ1n) is 7.22. The molecule has 0 saturated carbocycles. The number of benzene rings is 2. The van der Waals surface area contributed by atoms with Crippen LogP contribution in [0.4, 0.5) is 5.69 Å². The summed E-state index contributed by atoms with van der Waals surface area (Å²) in [5, 5.41) is 5.89. The molecule has 2 aromatic rings. The largest absolute Gasteiger partial charge is 0.490 e. The summed E-state index contributed by atoms with van der Waals surface area (Å²) in [6.45, 7) is 6.05. The van der Waals surface area contributed by atoms with Gasteiger partial charge < -0.3 is 10.1 Å². The maximum atomic E-state index is 12.2. The molecule has 0 heterocycles. The Morgan fingerprint density at radius 3 is 2.62 bits per heavy atom. The van der Waals surface area contributed by atoms with Gasteiger partial charge in [-0.1, -0.05) is 18.7 Å². The predicted octanol–water partition coefficient (Wildman–Crippen LogP) is 4.29. The molecule has 0 atom stereocenters. The molecule has 124 valence electrons. The van der Waals surface area contributed by atoms with Crippen LogP contribution in [0.3, 0.4) is 0 Å². The Morgan fingerprint density at radius 1 is 1.29 bits per heavy atom. The van der Waals surface area contributed by atoms with Crippen molar-refractivity contribution in [2.24, 2.45) is 0 Å². The van der Waals surface area contributed by atoms with Gasteiger partial charge in [-0.2, -0.15) is 0 Å². The van der Waals surface area contributed by atoms with E-state index in [1.165, 1.54) is 0 Å². The van der Waals surface area contributed by atoms with Crippen LogP contribution in [-0.4, -0.2) is 17.6 Å². The first-order valence-corrected chi connectivity index (χ1v) is 8.70. The van der Waals surface area contributed by atoms with Crippen LogP contribution >= 0.6 is 34.8 Å². The van der Waals surface area contributed by atoms with Crippen LogP contribution in [0.2, 0.25) is 0 Å². The molecule has 0 bridgehead atoms. The summed E-state index contributed by atoms with van der Waals surface area (Å²) < 4.78 is 6.45. The van der Waals surface area contributed by atoms with Gasteiger partial charge in [-0.25, -0.2) is 0 Å². The van der Waals surface area contributed by atoms with Gasteiger partial charge in [-0.3, -0.25) is 10.1 Å². The molecule has 0 spiro atoms. The van der Waals surface area contributed by atoms with E-state index >= 15 is 0 Å². The number of halogens is 1. The van der Waals surface area contributed by atoms with Crippen LogP contribution < -0.4 is 15.4 Å². The van der Waals surface area contributed by atoms with Gasteiger partial charge in [0.05, 0.1) is 0 Å². The fraction of sp³-hybridized carbons (Fsp3) is 0.111. The third kappa shape index (κ3) is 5.31. The topological polar surface area (TPSA) is 50.4 Å². The van der Waals surface area contributed by atoms with Gasteiger partial charge in [0.1, 0.15) is 12.4 Å². The quantitative estimate of drug-likeness (QED) is 0.404. The average Bonchev–Trinajstić information content (AvgIpc) is 2.56. The van der Waals surface area contributed by atoms with E-state index in [1.54, 1.807) is 12.1 Å². The maximum absolute atomic E-state index is 12.2. The first kappa shape index (κ1) is 18.4. The Hall–Kier alpha value is -1.93. The summed E-state index contributed by atoms with van der Waals surface area (Å²) >= 11 is 7.39. The van der Waals surface area contributed by atoms with Gasteiger partial charge in [-0.05, 0) is 83.7 Å². The highest BCUT2D eigenvalue weighted by molar-refractivity contribution is 14.1. The summed E-state index contributed by atoms with van der Waals surface area (Å²) in [7, 11) is 0. The standard InChI is InChI=1S/C18H17IN2O2S/c1-3-10-23-15-8-6-14(7-9-15)20-18(24)21-17(22)13-5-4-12(2)16(19)11-13/h3-9,11H,1,10H2,2H3,(H2,20,21,22,24). The van der Waals surface area contributed by atoms with E-state index in [0.29, 0.717) is 12.2 Å². The second kappa shape index (κ2) is 8.79. The summed E-state index contributed by atoms with van der Waals surface area (Å²) in [5.74, 6) is 0.501. The Bertz CT molecular complexity index is 760. The number of anilines is 1. The highest BCUT2D eigenvalue weighted by atomic mass is 127. The van der Waals surface area contributed by atoms with Gasteiger partial charge in [-0.15, -0.1) is 0 Å². The molecule has 2 rings (SSSR count). The van der Waals surface area contributed by atoms with E-state index in [0.717, 1.165) is 20.6 Å². The zero-order valence-corrected chi connectivity index (χ0v) is 16.1. The van der Waals surface area contributed by atoms with Crippen LogP contribution in [0.1, 0.15) is 15.9 Å². The molecule has 0 aliphatic rings. The number of hydrogen-bond donors (Lipinski definition) is 2. The number of carbonyl (C=O) groups is 1. The number of aryl methyl sites for hydroxylation is 1. The molecular formula is C18H17IN2O2S. The average molecular weight is 452 g/mol. The fourth-order valence-electron chi connectivity index (χ4n) is 1.86. The monoisotopic (exact) mass is 452 g/mol. The smallest absolute Gasteiger partial charge is 0.257 e. The van der Waals surface area contributed by atoms with E-state index in [-0.39, 0.29) is 11.0 Å². The zero-order chi connectivity index (χ0) is 17.5. The van der Waals surface area contributed by atoms with Crippen molar-refractivity contribution in [1.82, 2.24) is 5.32 Å². The Kier molecular flexibility index (Phi) is 6.74. The minimum atomic E-state index is -0.239. The van der Waals surface area contributed by atoms with Crippen LogP contribution in [0.15, 0.2) is 55.1 Å². The van der Waals surface area contributed by atoms with E-state index in [4.69, 9.17) is 17.0 Å². The van der Waals surface area contributed by atoms with Crippen molar-refractivity contribution in [3.63, 3.8) is 0 Å². The SMILES string of the molecule is C=CCOc1ccc(NC(=S)NC(=O)c2ccc(C)c(I)c2)cc1. The Morgan fingerprint density at radius 2 is 2.00 bits per heavy atom. The van der Waals surface area contributed by atoms with Gasteiger partial charge >= 0.3 is 0 Å². The van der Waals surface area contributed by atoms with Crippen LogP contribution in [0.5, 0.6) is 5.75 Å². The van der Waals surface area contributed by atoms with Crippen molar-refractivity contribution in [2.45, 2.75) is 6.92 Å². The van der Waals surface area contributed by atoms with E-state index < -0.39 is 0 Å². The number of amides is 1. The number of thiocarbonyl (C=S) groups is 1. The molecule has 0 aliphatic heterocycles. The fourth-order valence-corrected chi connectivity index (χ4v) is 2.59. The Labute approximate surface area is 160 Å². The molecule has 4 nitrogen and oxygen atoms in total. The normalized spacial score (nSPS) is 9.92. The van der Waals surface area contributed by atoms with Crippen molar-refractivity contribution in [1.29, 1.82) is 0 Å². The lowest BCUT2D eigenvalue weighted by Crippen LogP contribution is -2.34. The molecule has 2 N–H and O–H groups in total. The lowest BCUT2D eigenvalue weighted by molar-refractivity contribution is 0.0977. The van der Waals surface area contributed by atoms with Gasteiger partial charge in [0.2, 0.25) is 0 Å². The maximum Gasteiger partial charge on any atom is 0.257 e. The highest BCUT2D eigenvalue weighted by Gasteiger charge is 2.09. The van der Waals surface area contributed by atoms with Crippen LogP contribution in [0.25, 0.3) is 0 Å². The van der Waals surface area contributed by atoms with Gasteiger partial charge in [0.15, 0.2) is 5.11 Å². The molecule has 0 aliphatic carbocycles. The van der Waals surface area contributed by atoms with Crippen LogP contribution in [-0.2, 0) is 0 Å². The summed E-state index contributed by atoms with van der Waals surface area (Å²) in [4.78, 5) is 12.2. The lowest BCUT2D eigenvalue weighted by atomic mass is 10.1. The van der Waals surface area contributed by atoms with Crippen molar-refractivity contribution in [2.75, 3.05) is 11.9 Å². The second-order valence-electron chi connectivity index (χ2n) is 5.00. The number of rotatable bonds is 5. The third-order valence-corrected chi connectivity index (χ3v) is 4.51. The highest BCUT2D eigenvalue weighted by Crippen LogP contribution is 2.16. The summed E-state index contributed by atoms with van der Waals surface area (Å²) in [6, 6.07) is 12.8. The molecule has 0 fully saturated rings. The number of nitrogens with one attached hydrogen (secondary N) is 2. The Balaban J connectivity index is 1.93. The summed E-state index contributed by atoms with van der Waals surface area (Å²) in [6.07, 6.45) is 1.68. The molecule has 0 saturated heterocycles. The molecule has 0 unspecified atom stereocenters. The number of ether oxygens (including phenoxy) is 1. The van der Waals surface area contributed by atoms with Gasteiger partial charge in [0.25, 0.3) is 5.91 Å². The number of hydrogen-bond acceptors (Lipinski definition) is 3. The van der Waals surface area contributed by atoms with E-state index in [2.05, 4.69) is 39.8 Å². The van der Waals surface area contributed by atoms with Crippen molar-refractivity contribution < 1.29 is 9.53 Å². The molecular weight excluding hydrogens is 435 g/mol. The van der Waals surface area contributed by atoms with Crippen LogP contribution in [0, 0.1) is 10.5 Å². The van der Waals surface area contributed by atoms with E-state index in [1.807, 2.05) is 43.3 Å². The van der Waals surface area contributed by atoms with E-state index in [9.17, 15) is 4.79 Å². The second-order valence-corrected chi connectivity index (χ2v) is 6.57. The first-order chi connectivity index (χ1) is 11.5. The molecule has 0 aromatic heterocycles. The third-order valence-electron chi connectivity index (χ3n) is 3.14. The molecule has 2 aromatic carbocycles. The minimum Gasteiger partial charge on any atom is -0.490 e. The minimum absolute atomic E-state index is 0.239. The van der Waals surface area contributed by atoms with Crippen molar-refractivity contribution >= 4 is 51.5 Å². The predicted molar refractivity (Wildman–Crippen MR) is 110 cm³/mol. The molecule has 24 heavy (non-hydrogen) atoms. The van der Waals surface area contributed by atoms with Crippen molar-refractivity contribution in [3.8, 4) is 5.75 Å². The van der Waals surface area contributed by atoms with Gasteiger partial charge in [0, 0.05) is 14.8 Å². The summed E-state index contributed by atoms with van der Waals surface area (Å²) in [5.41, 5.74) is 2.47.